The predicted octanol–water partition coefficient (Wildman–Crippen LogP) is 6.25. The molecule has 1 amide bonds. The second kappa shape index (κ2) is 7.20. The van der Waals surface area contributed by atoms with E-state index >= 15 is 0 Å². The van der Waals surface area contributed by atoms with Gasteiger partial charge in [0.15, 0.2) is 0 Å². The Morgan fingerprint density at radius 3 is 2.08 bits per heavy atom. The van der Waals surface area contributed by atoms with Crippen molar-refractivity contribution in [2.24, 2.45) is 0 Å². The van der Waals surface area contributed by atoms with Gasteiger partial charge in [0.1, 0.15) is 11.5 Å². The lowest BCUT2D eigenvalue weighted by Gasteiger charge is -2.10. The summed E-state index contributed by atoms with van der Waals surface area (Å²) in [5, 5.41) is 3.00. The molecule has 3 aromatic rings. The Morgan fingerprint density at radius 2 is 1.50 bits per heavy atom. The number of nitrogens with one attached hydrogen (secondary N) is 1. The van der Waals surface area contributed by atoms with Crippen LogP contribution < -0.4 is 5.32 Å². The summed E-state index contributed by atoms with van der Waals surface area (Å²) in [5.41, 5.74) is 5.66. The van der Waals surface area contributed by atoms with E-state index in [1.54, 1.807) is 0 Å². The molecule has 0 unspecified atom stereocenters. The van der Waals surface area contributed by atoms with Gasteiger partial charge in [0.2, 0.25) is 0 Å². The Kier molecular flexibility index (Phi) is 4.99. The van der Waals surface area contributed by atoms with Crippen molar-refractivity contribution in [3.05, 3.63) is 76.7 Å². The van der Waals surface area contributed by atoms with Crippen LogP contribution in [-0.4, -0.2) is 5.91 Å². The molecule has 134 valence electrons. The lowest BCUT2D eigenvalue weighted by Crippen LogP contribution is -2.13. The van der Waals surface area contributed by atoms with Crippen LogP contribution in [0.1, 0.15) is 52.8 Å². The Hall–Kier alpha value is -2.81. The molecular weight excluding hydrogens is 322 g/mol. The molecule has 0 atom stereocenters. The number of aryl methyl sites for hydroxylation is 3. The monoisotopic (exact) mass is 347 g/mol. The van der Waals surface area contributed by atoms with Crippen molar-refractivity contribution < 1.29 is 9.21 Å². The van der Waals surface area contributed by atoms with E-state index in [0.717, 1.165) is 22.6 Å². The van der Waals surface area contributed by atoms with Gasteiger partial charge in [0.25, 0.3) is 5.91 Å². The molecule has 1 aromatic heterocycles. The zero-order valence-corrected chi connectivity index (χ0v) is 16.0. The summed E-state index contributed by atoms with van der Waals surface area (Å²) in [4.78, 5) is 13.0. The van der Waals surface area contributed by atoms with Crippen molar-refractivity contribution in [3.63, 3.8) is 0 Å². The van der Waals surface area contributed by atoms with Crippen LogP contribution in [0.5, 0.6) is 0 Å². The third kappa shape index (κ3) is 3.57. The number of amides is 1. The molecule has 0 saturated heterocycles. The summed E-state index contributed by atoms with van der Waals surface area (Å²) in [5.74, 6) is 1.71. The minimum atomic E-state index is -0.146. The van der Waals surface area contributed by atoms with Gasteiger partial charge in [-0.15, -0.1) is 0 Å². The van der Waals surface area contributed by atoms with Crippen LogP contribution in [0, 0.1) is 20.8 Å². The predicted molar refractivity (Wildman–Crippen MR) is 107 cm³/mol. The summed E-state index contributed by atoms with van der Waals surface area (Å²) in [6.45, 7) is 10.1. The van der Waals surface area contributed by atoms with Gasteiger partial charge in [-0.2, -0.15) is 0 Å². The normalized spacial score (nSPS) is 11.0. The number of rotatable bonds is 4. The van der Waals surface area contributed by atoms with Gasteiger partial charge in [-0.05, 0) is 49.9 Å². The van der Waals surface area contributed by atoms with Gasteiger partial charge in [-0.3, -0.25) is 4.79 Å². The first-order chi connectivity index (χ1) is 12.4. The highest BCUT2D eigenvalue weighted by molar-refractivity contribution is 6.09. The standard InChI is InChI=1S/C23H25NO2/c1-14(2)18-10-12-20(13-11-18)24-23(25)22-17(5)26-16(4)21(22)19-8-6-15(3)7-9-19/h6-14H,1-5H3,(H,24,25). The van der Waals surface area contributed by atoms with E-state index in [1.165, 1.54) is 11.1 Å². The Bertz CT molecular complexity index is 916. The molecule has 1 N–H and O–H groups in total. The molecule has 3 heteroatoms. The maximum Gasteiger partial charge on any atom is 0.259 e. The van der Waals surface area contributed by atoms with Crippen LogP contribution in [-0.2, 0) is 0 Å². The second-order valence-corrected chi connectivity index (χ2v) is 7.06. The molecule has 0 saturated carbocycles. The SMILES string of the molecule is Cc1ccc(-c2c(C)oc(C)c2C(=O)Nc2ccc(C(C)C)cc2)cc1. The van der Waals surface area contributed by atoms with E-state index in [1.807, 2.05) is 57.2 Å². The van der Waals surface area contributed by atoms with E-state index in [-0.39, 0.29) is 5.91 Å². The molecule has 3 nitrogen and oxygen atoms in total. The molecule has 0 fully saturated rings. The summed E-state index contributed by atoms with van der Waals surface area (Å²) < 4.78 is 5.78. The van der Waals surface area contributed by atoms with Crippen molar-refractivity contribution in [2.75, 3.05) is 5.32 Å². The van der Waals surface area contributed by atoms with E-state index in [4.69, 9.17) is 4.42 Å². The summed E-state index contributed by atoms with van der Waals surface area (Å²) in [6.07, 6.45) is 0. The van der Waals surface area contributed by atoms with Crippen molar-refractivity contribution in [2.45, 2.75) is 40.5 Å². The van der Waals surface area contributed by atoms with Gasteiger partial charge < -0.3 is 9.73 Å². The summed E-state index contributed by atoms with van der Waals surface area (Å²) in [6, 6.07) is 16.1. The van der Waals surface area contributed by atoms with Crippen LogP contribution in [0.2, 0.25) is 0 Å². The van der Waals surface area contributed by atoms with Crippen LogP contribution in [0.3, 0.4) is 0 Å². The number of anilines is 1. The molecule has 0 aliphatic rings. The first kappa shape index (κ1) is 18.0. The highest BCUT2D eigenvalue weighted by Crippen LogP contribution is 2.33. The molecular formula is C23H25NO2. The van der Waals surface area contributed by atoms with Crippen molar-refractivity contribution in [1.29, 1.82) is 0 Å². The number of hydrogen-bond acceptors (Lipinski definition) is 2. The summed E-state index contributed by atoms with van der Waals surface area (Å²) in [7, 11) is 0. The quantitative estimate of drug-likeness (QED) is 0.606. The number of furan rings is 1. The van der Waals surface area contributed by atoms with Gasteiger partial charge in [0, 0.05) is 11.3 Å². The van der Waals surface area contributed by atoms with Crippen molar-refractivity contribution in [1.82, 2.24) is 0 Å². The molecule has 2 aromatic carbocycles. The number of benzene rings is 2. The third-order valence-electron chi connectivity index (χ3n) is 4.66. The Balaban J connectivity index is 1.93. The highest BCUT2D eigenvalue weighted by atomic mass is 16.3. The number of carbonyl (C=O) groups is 1. The minimum absolute atomic E-state index is 0.146. The average molecular weight is 347 g/mol. The van der Waals surface area contributed by atoms with E-state index < -0.39 is 0 Å². The molecule has 0 bridgehead atoms. The Morgan fingerprint density at radius 1 is 0.885 bits per heavy atom. The Labute approximate surface area is 155 Å². The van der Waals surface area contributed by atoms with E-state index in [9.17, 15) is 4.79 Å². The van der Waals surface area contributed by atoms with Gasteiger partial charge in [0.05, 0.1) is 5.56 Å². The zero-order chi connectivity index (χ0) is 18.8. The van der Waals surface area contributed by atoms with Crippen molar-refractivity contribution >= 4 is 11.6 Å². The fourth-order valence-electron chi connectivity index (χ4n) is 3.17. The fraction of sp³-hybridized carbons (Fsp3) is 0.261. The molecule has 3 rings (SSSR count). The zero-order valence-electron chi connectivity index (χ0n) is 16.0. The van der Waals surface area contributed by atoms with Gasteiger partial charge in [-0.1, -0.05) is 55.8 Å². The van der Waals surface area contributed by atoms with E-state index in [0.29, 0.717) is 17.2 Å². The lowest BCUT2D eigenvalue weighted by molar-refractivity contribution is 0.102. The number of hydrogen-bond donors (Lipinski definition) is 1. The van der Waals surface area contributed by atoms with Gasteiger partial charge in [-0.25, -0.2) is 0 Å². The summed E-state index contributed by atoms with van der Waals surface area (Å²) >= 11 is 0. The number of carbonyl (C=O) groups excluding carboxylic acids is 1. The van der Waals surface area contributed by atoms with Crippen LogP contribution in [0.25, 0.3) is 11.1 Å². The molecule has 0 aliphatic heterocycles. The van der Waals surface area contributed by atoms with Crippen molar-refractivity contribution in [3.8, 4) is 11.1 Å². The van der Waals surface area contributed by atoms with Gasteiger partial charge >= 0.3 is 0 Å². The minimum Gasteiger partial charge on any atom is -0.465 e. The average Bonchev–Trinajstić information content (AvgIpc) is 2.90. The first-order valence-corrected chi connectivity index (χ1v) is 8.95. The topological polar surface area (TPSA) is 42.2 Å². The van der Waals surface area contributed by atoms with Crippen LogP contribution in [0.15, 0.2) is 52.9 Å². The lowest BCUT2D eigenvalue weighted by atomic mass is 9.99. The van der Waals surface area contributed by atoms with Crippen LogP contribution >= 0.6 is 0 Å². The molecule has 0 spiro atoms. The largest absolute Gasteiger partial charge is 0.465 e. The molecule has 0 aliphatic carbocycles. The fourth-order valence-corrected chi connectivity index (χ4v) is 3.17. The highest BCUT2D eigenvalue weighted by Gasteiger charge is 2.22. The smallest absolute Gasteiger partial charge is 0.259 e. The molecule has 0 radical (unpaired) electrons. The van der Waals surface area contributed by atoms with E-state index in [2.05, 4.69) is 31.3 Å². The van der Waals surface area contributed by atoms with Crippen LogP contribution in [0.4, 0.5) is 5.69 Å². The third-order valence-corrected chi connectivity index (χ3v) is 4.66. The first-order valence-electron chi connectivity index (χ1n) is 8.95. The maximum atomic E-state index is 13.0. The molecule has 1 heterocycles. The second-order valence-electron chi connectivity index (χ2n) is 7.06. The molecule has 26 heavy (non-hydrogen) atoms. The maximum absolute atomic E-state index is 13.0.